The third-order valence-corrected chi connectivity index (χ3v) is 6.78. The van der Waals surface area contributed by atoms with Crippen molar-refractivity contribution in [2.45, 2.75) is 13.5 Å². The first-order valence-electron chi connectivity index (χ1n) is 11.1. The van der Waals surface area contributed by atoms with Crippen LogP contribution in [0.1, 0.15) is 39.1 Å². The van der Waals surface area contributed by atoms with Crippen molar-refractivity contribution in [1.82, 2.24) is 4.98 Å². The molecule has 7 heteroatoms. The maximum atomic E-state index is 14.0. The summed E-state index contributed by atoms with van der Waals surface area (Å²) in [5, 5.41) is 2.96. The number of amides is 1. The SMILES string of the molecule is CCOC(=O)c1csc(CN2C(=O)C(=C(c3ccccc3)c3ccc(Cl)cc3)c3ccccc32)n1. The van der Waals surface area contributed by atoms with Crippen molar-refractivity contribution >= 4 is 51.6 Å². The lowest BCUT2D eigenvalue weighted by atomic mass is 9.90. The number of para-hydroxylation sites is 1. The van der Waals surface area contributed by atoms with E-state index in [1.165, 1.54) is 11.3 Å². The monoisotopic (exact) mass is 500 g/mol. The molecule has 0 unspecified atom stereocenters. The first kappa shape index (κ1) is 23.0. The first-order chi connectivity index (χ1) is 17.1. The molecule has 4 aromatic rings. The van der Waals surface area contributed by atoms with Crippen molar-refractivity contribution in [2.75, 3.05) is 11.5 Å². The molecule has 0 saturated heterocycles. The Bertz CT molecular complexity index is 1430. The molecule has 0 bridgehead atoms. The number of aromatic nitrogens is 1. The molecule has 0 spiro atoms. The van der Waals surface area contributed by atoms with Crippen molar-refractivity contribution in [2.24, 2.45) is 0 Å². The number of rotatable bonds is 6. The Morgan fingerprint density at radius 3 is 2.40 bits per heavy atom. The molecule has 5 nitrogen and oxygen atoms in total. The van der Waals surface area contributed by atoms with E-state index >= 15 is 0 Å². The van der Waals surface area contributed by atoms with Crippen molar-refractivity contribution in [1.29, 1.82) is 0 Å². The molecule has 1 amide bonds. The molecule has 35 heavy (non-hydrogen) atoms. The zero-order chi connectivity index (χ0) is 24.4. The van der Waals surface area contributed by atoms with Crippen LogP contribution in [-0.4, -0.2) is 23.5 Å². The molecule has 0 saturated carbocycles. The Labute approximate surface area is 212 Å². The zero-order valence-corrected chi connectivity index (χ0v) is 20.5. The number of carbonyl (C=O) groups excluding carboxylic acids is 2. The minimum absolute atomic E-state index is 0.118. The second-order valence-electron chi connectivity index (χ2n) is 7.88. The van der Waals surface area contributed by atoms with Crippen LogP contribution in [0.25, 0.3) is 11.1 Å². The van der Waals surface area contributed by atoms with Gasteiger partial charge in [0.25, 0.3) is 5.91 Å². The van der Waals surface area contributed by atoms with Gasteiger partial charge in [0.05, 0.1) is 24.4 Å². The van der Waals surface area contributed by atoms with Crippen LogP contribution in [-0.2, 0) is 16.1 Å². The van der Waals surface area contributed by atoms with Gasteiger partial charge in [-0.3, -0.25) is 4.79 Å². The topological polar surface area (TPSA) is 59.5 Å². The van der Waals surface area contributed by atoms with Gasteiger partial charge in [-0.1, -0.05) is 72.3 Å². The molecular formula is C28H21ClN2O3S. The summed E-state index contributed by atoms with van der Waals surface area (Å²) < 4.78 is 5.05. The molecule has 0 N–H and O–H groups in total. The number of ether oxygens (including phenoxy) is 1. The summed E-state index contributed by atoms with van der Waals surface area (Å²) in [4.78, 5) is 32.2. The Kier molecular flexibility index (Phi) is 6.49. The highest BCUT2D eigenvalue weighted by atomic mass is 35.5. The standard InChI is InChI=1S/C28H21ClN2O3S/c1-2-34-28(33)22-17-35-24(30-22)16-31-23-11-7-6-10-21(23)26(27(31)32)25(18-8-4-3-5-9-18)19-12-14-20(29)15-13-19/h3-15,17H,2,16H2,1H3. The second-order valence-corrected chi connectivity index (χ2v) is 9.26. The number of carbonyl (C=O) groups is 2. The number of thiazole rings is 1. The van der Waals surface area contributed by atoms with E-state index in [2.05, 4.69) is 4.98 Å². The lowest BCUT2D eigenvalue weighted by Gasteiger charge is -2.16. The van der Waals surface area contributed by atoms with E-state index in [0.717, 1.165) is 28.0 Å². The fourth-order valence-corrected chi connectivity index (χ4v) is 5.05. The van der Waals surface area contributed by atoms with E-state index in [1.54, 1.807) is 17.2 Å². The Balaban J connectivity index is 1.62. The number of anilines is 1. The van der Waals surface area contributed by atoms with Crippen LogP contribution in [0, 0.1) is 0 Å². The highest BCUT2D eigenvalue weighted by Crippen LogP contribution is 2.43. The van der Waals surface area contributed by atoms with Crippen molar-refractivity contribution in [3.8, 4) is 0 Å². The van der Waals surface area contributed by atoms with Gasteiger partial charge in [-0.25, -0.2) is 9.78 Å². The molecule has 2 heterocycles. The van der Waals surface area contributed by atoms with Crippen LogP contribution in [0.2, 0.25) is 5.02 Å². The minimum atomic E-state index is -0.460. The number of esters is 1. The molecule has 0 aliphatic carbocycles. The molecule has 0 atom stereocenters. The van der Waals surface area contributed by atoms with Crippen LogP contribution >= 0.6 is 22.9 Å². The number of halogens is 1. The smallest absolute Gasteiger partial charge is 0.357 e. The molecule has 1 aromatic heterocycles. The minimum Gasteiger partial charge on any atom is -0.461 e. The zero-order valence-electron chi connectivity index (χ0n) is 18.9. The lowest BCUT2D eigenvalue weighted by Crippen LogP contribution is -2.26. The van der Waals surface area contributed by atoms with Crippen LogP contribution in [0.4, 0.5) is 5.69 Å². The predicted octanol–water partition coefficient (Wildman–Crippen LogP) is 6.48. The third-order valence-electron chi connectivity index (χ3n) is 5.70. The summed E-state index contributed by atoms with van der Waals surface area (Å²) in [6.45, 7) is 2.29. The van der Waals surface area contributed by atoms with Crippen LogP contribution in [0.5, 0.6) is 0 Å². The summed E-state index contributed by atoms with van der Waals surface area (Å²) in [7, 11) is 0. The maximum absolute atomic E-state index is 14.0. The van der Waals surface area contributed by atoms with Crippen molar-refractivity contribution < 1.29 is 14.3 Å². The van der Waals surface area contributed by atoms with Gasteiger partial charge in [0.2, 0.25) is 0 Å². The summed E-state index contributed by atoms with van der Waals surface area (Å²) in [5.74, 6) is -0.578. The van der Waals surface area contributed by atoms with Crippen LogP contribution < -0.4 is 4.90 Å². The molecule has 1 aliphatic rings. The Morgan fingerprint density at radius 1 is 0.971 bits per heavy atom. The molecule has 1 aliphatic heterocycles. The van der Waals surface area contributed by atoms with Gasteiger partial charge in [-0.2, -0.15) is 0 Å². The van der Waals surface area contributed by atoms with Gasteiger partial charge in [-0.15, -0.1) is 11.3 Å². The summed E-state index contributed by atoms with van der Waals surface area (Å²) >= 11 is 7.49. The molecule has 3 aromatic carbocycles. The van der Waals surface area contributed by atoms with E-state index in [1.807, 2.05) is 78.9 Å². The van der Waals surface area contributed by atoms with Gasteiger partial charge < -0.3 is 9.64 Å². The first-order valence-corrected chi connectivity index (χ1v) is 12.4. The number of hydrogen-bond donors (Lipinski definition) is 0. The highest BCUT2D eigenvalue weighted by Gasteiger charge is 2.35. The fraction of sp³-hybridized carbons (Fsp3) is 0.107. The largest absolute Gasteiger partial charge is 0.461 e. The van der Waals surface area contributed by atoms with E-state index in [4.69, 9.17) is 16.3 Å². The van der Waals surface area contributed by atoms with E-state index in [9.17, 15) is 9.59 Å². The normalized spacial score (nSPS) is 14.1. The predicted molar refractivity (Wildman–Crippen MR) is 140 cm³/mol. The highest BCUT2D eigenvalue weighted by molar-refractivity contribution is 7.09. The lowest BCUT2D eigenvalue weighted by molar-refractivity contribution is -0.113. The Morgan fingerprint density at radius 2 is 1.66 bits per heavy atom. The molecule has 0 radical (unpaired) electrons. The summed E-state index contributed by atoms with van der Waals surface area (Å²) in [6, 6.07) is 25.1. The number of hydrogen-bond acceptors (Lipinski definition) is 5. The Hall–Kier alpha value is -3.74. The molecule has 174 valence electrons. The molecule has 5 rings (SSSR count). The van der Waals surface area contributed by atoms with E-state index < -0.39 is 5.97 Å². The average molecular weight is 501 g/mol. The number of benzene rings is 3. The van der Waals surface area contributed by atoms with Gasteiger partial charge in [0, 0.05) is 21.5 Å². The fourth-order valence-electron chi connectivity index (χ4n) is 4.17. The average Bonchev–Trinajstić information content (AvgIpc) is 3.46. The summed E-state index contributed by atoms with van der Waals surface area (Å²) in [6.07, 6.45) is 0. The van der Waals surface area contributed by atoms with Gasteiger partial charge in [-0.05, 0) is 36.2 Å². The number of nitrogens with zero attached hydrogens (tertiary/aromatic N) is 2. The number of fused-ring (bicyclic) bond motifs is 1. The second kappa shape index (κ2) is 9.86. The molecule has 0 fully saturated rings. The summed E-state index contributed by atoms with van der Waals surface area (Å²) in [5.41, 5.74) is 5.22. The van der Waals surface area contributed by atoms with Crippen LogP contribution in [0.15, 0.2) is 84.2 Å². The van der Waals surface area contributed by atoms with Crippen molar-refractivity contribution in [3.63, 3.8) is 0 Å². The quantitative estimate of drug-likeness (QED) is 0.224. The van der Waals surface area contributed by atoms with E-state index in [0.29, 0.717) is 15.6 Å². The van der Waals surface area contributed by atoms with E-state index in [-0.39, 0.29) is 24.8 Å². The van der Waals surface area contributed by atoms with Crippen molar-refractivity contribution in [3.05, 3.63) is 117 Å². The third kappa shape index (κ3) is 4.50. The molecular weight excluding hydrogens is 480 g/mol. The van der Waals surface area contributed by atoms with Gasteiger partial charge in [0.15, 0.2) is 5.69 Å². The van der Waals surface area contributed by atoms with Gasteiger partial charge >= 0.3 is 5.97 Å². The van der Waals surface area contributed by atoms with Crippen LogP contribution in [0.3, 0.4) is 0 Å². The maximum Gasteiger partial charge on any atom is 0.357 e. The van der Waals surface area contributed by atoms with Gasteiger partial charge in [0.1, 0.15) is 5.01 Å².